The van der Waals surface area contributed by atoms with E-state index in [1.54, 1.807) is 7.05 Å². The van der Waals surface area contributed by atoms with E-state index in [1.807, 2.05) is 57.2 Å². The number of halogens is 1. The van der Waals surface area contributed by atoms with Crippen molar-refractivity contribution >= 4 is 27.5 Å². The molecule has 0 radical (unpaired) electrons. The number of tetrazole rings is 1. The normalized spacial score (nSPS) is 12.3. The first-order valence-electron chi connectivity index (χ1n) is 9.35. The van der Waals surface area contributed by atoms with Crippen LogP contribution in [0.15, 0.2) is 56.0 Å². The van der Waals surface area contributed by atoms with E-state index in [9.17, 15) is 4.79 Å². The lowest BCUT2D eigenvalue weighted by molar-refractivity contribution is 0.282. The van der Waals surface area contributed by atoms with Gasteiger partial charge in [-0.05, 0) is 64.0 Å². The third-order valence-electron chi connectivity index (χ3n) is 4.42. The highest BCUT2D eigenvalue weighted by Gasteiger charge is 2.14. The van der Waals surface area contributed by atoms with Gasteiger partial charge in [-0.1, -0.05) is 25.1 Å². The molecule has 0 aliphatic rings. The van der Waals surface area contributed by atoms with Crippen LogP contribution < -0.4 is 5.69 Å². The van der Waals surface area contributed by atoms with Gasteiger partial charge in [-0.3, -0.25) is 0 Å². The third-order valence-corrected chi connectivity index (χ3v) is 4.86. The van der Waals surface area contributed by atoms with Gasteiger partial charge in [0.2, 0.25) is 5.90 Å². The number of rotatable bonds is 6. The second-order valence-electron chi connectivity index (χ2n) is 6.54. The van der Waals surface area contributed by atoms with E-state index in [-0.39, 0.29) is 12.3 Å². The molecule has 0 fully saturated rings. The molecule has 156 valence electrons. The molecule has 0 aliphatic carbocycles. The average Bonchev–Trinajstić information content (AvgIpc) is 3.07. The van der Waals surface area contributed by atoms with Crippen molar-refractivity contribution in [2.75, 3.05) is 0 Å². The molecular formula is C20H22BrN7O2. The van der Waals surface area contributed by atoms with Crippen molar-refractivity contribution in [2.24, 2.45) is 17.3 Å². The fourth-order valence-electron chi connectivity index (χ4n) is 2.69. The summed E-state index contributed by atoms with van der Waals surface area (Å²) in [6.45, 7) is 5.95. The highest BCUT2D eigenvalue weighted by Crippen LogP contribution is 2.18. The monoisotopic (exact) mass is 471 g/mol. The Balaban J connectivity index is 1.83. The van der Waals surface area contributed by atoms with Crippen LogP contribution >= 0.6 is 15.9 Å². The van der Waals surface area contributed by atoms with Gasteiger partial charge in [-0.2, -0.15) is 14.5 Å². The van der Waals surface area contributed by atoms with Crippen LogP contribution in [0.5, 0.6) is 0 Å². The second kappa shape index (κ2) is 9.57. The van der Waals surface area contributed by atoms with Crippen molar-refractivity contribution in [3.63, 3.8) is 0 Å². The molecule has 2 heterocycles. The van der Waals surface area contributed by atoms with E-state index in [1.165, 1.54) is 9.36 Å². The quantitative estimate of drug-likeness (QED) is 0.238. The maximum absolute atomic E-state index is 12.3. The zero-order valence-electron chi connectivity index (χ0n) is 17.2. The average molecular weight is 472 g/mol. The minimum atomic E-state index is -0.326. The first-order chi connectivity index (χ1) is 14.4. The lowest BCUT2D eigenvalue weighted by atomic mass is 10.1. The van der Waals surface area contributed by atoms with E-state index >= 15 is 0 Å². The summed E-state index contributed by atoms with van der Waals surface area (Å²) in [4.78, 5) is 16.6. The maximum Gasteiger partial charge on any atom is 0.368 e. The van der Waals surface area contributed by atoms with Gasteiger partial charge in [0.25, 0.3) is 0 Å². The molecule has 0 unspecified atom stereocenters. The number of hydrogen-bond donors (Lipinski definition) is 0. The molecule has 0 aliphatic heterocycles. The largest absolute Gasteiger partial charge is 0.475 e. The highest BCUT2D eigenvalue weighted by atomic mass is 79.9. The topological polar surface area (TPSA) is 99.5 Å². The standard InChI is InChI=1S/C20H22BrN7O2/c1-5-19(24-23-14(3)16-9-7-11-18(21)22-16)30-12-15-13(2)8-6-10-17(15)28-20(29)27(4)25-26-28/h6-11H,5,12H2,1-4H3/b23-14+,24-19+. The van der Waals surface area contributed by atoms with Crippen LogP contribution in [0.4, 0.5) is 0 Å². The minimum absolute atomic E-state index is 0.224. The Hall–Kier alpha value is -3.14. The zero-order valence-corrected chi connectivity index (χ0v) is 18.8. The van der Waals surface area contributed by atoms with Gasteiger partial charge in [0.05, 0.1) is 17.1 Å². The molecule has 0 saturated carbocycles. The number of hydrogen-bond acceptors (Lipinski definition) is 7. The Morgan fingerprint density at radius 3 is 2.60 bits per heavy atom. The smallest absolute Gasteiger partial charge is 0.368 e. The van der Waals surface area contributed by atoms with Gasteiger partial charge < -0.3 is 4.74 Å². The van der Waals surface area contributed by atoms with Gasteiger partial charge >= 0.3 is 5.69 Å². The van der Waals surface area contributed by atoms with Crippen LogP contribution in [0, 0.1) is 6.92 Å². The summed E-state index contributed by atoms with van der Waals surface area (Å²) in [5, 5.41) is 16.2. The van der Waals surface area contributed by atoms with Gasteiger partial charge in [-0.25, -0.2) is 9.78 Å². The Morgan fingerprint density at radius 1 is 1.17 bits per heavy atom. The summed E-state index contributed by atoms with van der Waals surface area (Å²) in [5.74, 6) is 0.477. The highest BCUT2D eigenvalue weighted by molar-refractivity contribution is 9.10. The van der Waals surface area contributed by atoms with Gasteiger partial charge in [0.15, 0.2) is 0 Å². The molecule has 0 atom stereocenters. The van der Waals surface area contributed by atoms with Gasteiger partial charge in [0.1, 0.15) is 11.2 Å². The van der Waals surface area contributed by atoms with Crippen LogP contribution in [0.2, 0.25) is 0 Å². The van der Waals surface area contributed by atoms with E-state index in [4.69, 9.17) is 4.74 Å². The Morgan fingerprint density at radius 2 is 1.93 bits per heavy atom. The lowest BCUT2D eigenvalue weighted by Crippen LogP contribution is -2.23. The minimum Gasteiger partial charge on any atom is -0.475 e. The molecule has 9 nitrogen and oxygen atoms in total. The number of benzene rings is 1. The van der Waals surface area contributed by atoms with Gasteiger partial charge in [0, 0.05) is 19.0 Å². The van der Waals surface area contributed by atoms with Crippen molar-refractivity contribution in [1.82, 2.24) is 24.8 Å². The van der Waals surface area contributed by atoms with Crippen LogP contribution in [0.1, 0.15) is 37.1 Å². The molecular weight excluding hydrogens is 450 g/mol. The molecule has 0 amide bonds. The Bertz CT molecular complexity index is 1160. The predicted molar refractivity (Wildman–Crippen MR) is 118 cm³/mol. The molecule has 30 heavy (non-hydrogen) atoms. The lowest BCUT2D eigenvalue weighted by Gasteiger charge is -2.13. The summed E-state index contributed by atoms with van der Waals surface area (Å²) in [6, 6.07) is 11.2. The molecule has 0 saturated heterocycles. The van der Waals surface area contributed by atoms with Crippen molar-refractivity contribution in [3.05, 3.63) is 68.3 Å². The summed E-state index contributed by atoms with van der Waals surface area (Å²) in [5.41, 5.74) is 3.50. The fraction of sp³-hybridized carbons (Fsp3) is 0.300. The van der Waals surface area contributed by atoms with E-state index in [2.05, 4.69) is 41.5 Å². The molecule has 1 aromatic carbocycles. The second-order valence-corrected chi connectivity index (χ2v) is 7.35. The van der Waals surface area contributed by atoms with E-state index in [0.29, 0.717) is 23.7 Å². The first-order valence-corrected chi connectivity index (χ1v) is 10.1. The summed E-state index contributed by atoms with van der Waals surface area (Å²) in [6.07, 6.45) is 0.564. The summed E-state index contributed by atoms with van der Waals surface area (Å²) in [7, 11) is 1.56. The molecule has 0 spiro atoms. The Labute approximate surface area is 182 Å². The predicted octanol–water partition coefficient (Wildman–Crippen LogP) is 3.18. The van der Waals surface area contributed by atoms with Crippen LogP contribution in [0.3, 0.4) is 0 Å². The van der Waals surface area contributed by atoms with Crippen LogP contribution in [-0.2, 0) is 18.4 Å². The zero-order chi connectivity index (χ0) is 21.7. The molecule has 2 aromatic heterocycles. The molecule has 10 heteroatoms. The first kappa shape index (κ1) is 21.6. The third kappa shape index (κ3) is 4.88. The van der Waals surface area contributed by atoms with Crippen LogP contribution in [0.25, 0.3) is 5.69 Å². The molecule has 3 aromatic rings. The maximum atomic E-state index is 12.3. The summed E-state index contributed by atoms with van der Waals surface area (Å²) >= 11 is 3.35. The molecule has 0 N–H and O–H groups in total. The number of aromatic nitrogens is 5. The summed E-state index contributed by atoms with van der Waals surface area (Å²) < 4.78 is 9.09. The van der Waals surface area contributed by atoms with E-state index < -0.39 is 0 Å². The van der Waals surface area contributed by atoms with Crippen molar-refractivity contribution in [1.29, 1.82) is 0 Å². The Kier molecular flexibility index (Phi) is 6.88. The SMILES string of the molecule is CC/C(=N\N=C(/C)c1cccc(Br)n1)OCc1c(C)cccc1-n1nnn(C)c1=O. The number of ether oxygens (including phenoxy) is 1. The molecule has 3 rings (SSSR count). The van der Waals surface area contributed by atoms with Crippen LogP contribution in [-0.4, -0.2) is 36.4 Å². The molecule has 0 bridgehead atoms. The fourth-order valence-corrected chi connectivity index (χ4v) is 3.03. The van der Waals surface area contributed by atoms with Crippen molar-refractivity contribution in [2.45, 2.75) is 33.8 Å². The number of pyridine rings is 1. The van der Waals surface area contributed by atoms with E-state index in [0.717, 1.165) is 21.4 Å². The number of nitrogens with zero attached hydrogens (tertiary/aromatic N) is 7. The number of aryl methyl sites for hydroxylation is 2. The van der Waals surface area contributed by atoms with Crippen molar-refractivity contribution < 1.29 is 4.74 Å². The van der Waals surface area contributed by atoms with Gasteiger partial charge in [-0.15, -0.1) is 5.10 Å². The van der Waals surface area contributed by atoms with Crippen molar-refractivity contribution in [3.8, 4) is 5.69 Å².